The van der Waals surface area contributed by atoms with Crippen LogP contribution in [-0.4, -0.2) is 16.8 Å². The van der Waals surface area contributed by atoms with Crippen LogP contribution >= 0.6 is 22.9 Å². The molecule has 0 unspecified atom stereocenters. The van der Waals surface area contributed by atoms with Gasteiger partial charge in [-0.2, -0.15) is 0 Å². The molecular formula is C16H12ClN3O3S. The topological polar surface area (TPSA) is 84.2 Å². The van der Waals surface area contributed by atoms with Gasteiger partial charge in [-0.3, -0.25) is 14.9 Å². The summed E-state index contributed by atoms with van der Waals surface area (Å²) in [7, 11) is 0. The fraction of sp³-hybridized carbons (Fsp3) is 0.0625. The lowest BCUT2D eigenvalue weighted by Crippen LogP contribution is -2.14. The lowest BCUT2D eigenvalue weighted by molar-refractivity contribution is 0.0992. The second kappa shape index (κ2) is 6.86. The maximum atomic E-state index is 12.3. The quantitative estimate of drug-likeness (QED) is 0.729. The number of hydrogen-bond acceptors (Lipinski definition) is 5. The molecule has 3 aromatic rings. The lowest BCUT2D eigenvalue weighted by Gasteiger charge is -2.08. The van der Waals surface area contributed by atoms with Gasteiger partial charge < -0.3 is 9.73 Å². The van der Waals surface area contributed by atoms with E-state index in [-0.39, 0.29) is 11.5 Å². The summed E-state index contributed by atoms with van der Waals surface area (Å²) in [4.78, 5) is 28.3. The number of rotatable bonds is 4. The van der Waals surface area contributed by atoms with E-state index < -0.39 is 11.8 Å². The standard InChI is InChI=1S/C16H12ClN3O3S/c1-9-4-2-5-10(17)13(9)19-14(21)11-8-24-16(18-11)20-15(22)12-6-3-7-23-12/h2-8H,1H3,(H,19,21)(H,18,20,22). The van der Waals surface area contributed by atoms with E-state index in [9.17, 15) is 9.59 Å². The van der Waals surface area contributed by atoms with E-state index in [4.69, 9.17) is 16.0 Å². The zero-order chi connectivity index (χ0) is 17.1. The number of thiazole rings is 1. The van der Waals surface area contributed by atoms with Gasteiger partial charge in [-0.25, -0.2) is 4.98 Å². The number of hydrogen-bond donors (Lipinski definition) is 2. The number of aromatic nitrogens is 1. The van der Waals surface area contributed by atoms with Gasteiger partial charge in [0.2, 0.25) is 0 Å². The number of amides is 2. The fourth-order valence-corrected chi connectivity index (χ4v) is 2.92. The average molecular weight is 362 g/mol. The van der Waals surface area contributed by atoms with Crippen molar-refractivity contribution in [2.45, 2.75) is 6.92 Å². The van der Waals surface area contributed by atoms with Crippen LogP contribution in [0, 0.1) is 6.92 Å². The molecule has 0 aliphatic heterocycles. The first-order valence-corrected chi connectivity index (χ1v) is 8.17. The molecule has 2 aromatic heterocycles. The monoisotopic (exact) mass is 361 g/mol. The second-order valence-electron chi connectivity index (χ2n) is 4.86. The molecule has 24 heavy (non-hydrogen) atoms. The molecule has 0 fully saturated rings. The maximum absolute atomic E-state index is 12.3. The van der Waals surface area contributed by atoms with Crippen LogP contribution in [0.1, 0.15) is 26.6 Å². The number of halogens is 1. The van der Waals surface area contributed by atoms with Gasteiger partial charge >= 0.3 is 0 Å². The fourth-order valence-electron chi connectivity index (χ4n) is 1.97. The Morgan fingerprint density at radius 3 is 2.71 bits per heavy atom. The van der Waals surface area contributed by atoms with Gasteiger partial charge in [0.1, 0.15) is 5.69 Å². The summed E-state index contributed by atoms with van der Waals surface area (Å²) in [6.07, 6.45) is 1.40. The van der Waals surface area contributed by atoms with E-state index in [1.165, 1.54) is 12.3 Å². The van der Waals surface area contributed by atoms with Crippen LogP contribution < -0.4 is 10.6 Å². The van der Waals surface area contributed by atoms with Crippen LogP contribution in [0.25, 0.3) is 0 Å². The molecule has 0 aliphatic rings. The minimum atomic E-state index is -0.428. The zero-order valence-corrected chi connectivity index (χ0v) is 14.1. The molecule has 2 amide bonds. The molecular weight excluding hydrogens is 350 g/mol. The molecule has 0 spiro atoms. The van der Waals surface area contributed by atoms with Crippen LogP contribution in [-0.2, 0) is 0 Å². The normalized spacial score (nSPS) is 10.4. The Morgan fingerprint density at radius 2 is 2.00 bits per heavy atom. The SMILES string of the molecule is Cc1cccc(Cl)c1NC(=O)c1csc(NC(=O)c2ccco2)n1. The first kappa shape index (κ1) is 16.2. The van der Waals surface area contributed by atoms with Crippen molar-refractivity contribution >= 4 is 45.6 Å². The summed E-state index contributed by atoms with van der Waals surface area (Å²) in [6.45, 7) is 1.84. The molecule has 3 rings (SSSR count). The Morgan fingerprint density at radius 1 is 1.17 bits per heavy atom. The molecule has 0 saturated carbocycles. The number of nitrogens with one attached hydrogen (secondary N) is 2. The van der Waals surface area contributed by atoms with E-state index >= 15 is 0 Å². The number of para-hydroxylation sites is 1. The Labute approximate surface area is 146 Å². The van der Waals surface area contributed by atoms with Crippen LogP contribution in [0.4, 0.5) is 10.8 Å². The third kappa shape index (κ3) is 3.47. The largest absolute Gasteiger partial charge is 0.459 e. The van der Waals surface area contributed by atoms with Crippen LogP contribution in [0.2, 0.25) is 5.02 Å². The summed E-state index contributed by atoms with van der Waals surface area (Å²) in [5, 5.41) is 7.61. The summed E-state index contributed by atoms with van der Waals surface area (Å²) in [6, 6.07) is 8.49. The maximum Gasteiger partial charge on any atom is 0.293 e. The van der Waals surface area contributed by atoms with Gasteiger partial charge in [0, 0.05) is 5.38 Å². The predicted molar refractivity (Wildman–Crippen MR) is 92.9 cm³/mol. The highest BCUT2D eigenvalue weighted by molar-refractivity contribution is 7.14. The van der Waals surface area contributed by atoms with Crippen LogP contribution in [0.5, 0.6) is 0 Å². The van der Waals surface area contributed by atoms with Gasteiger partial charge in [0.05, 0.1) is 17.0 Å². The molecule has 6 nitrogen and oxygen atoms in total. The summed E-state index contributed by atoms with van der Waals surface area (Å²) >= 11 is 7.24. The summed E-state index contributed by atoms with van der Waals surface area (Å²) < 4.78 is 5.00. The smallest absolute Gasteiger partial charge is 0.293 e. The van der Waals surface area contributed by atoms with Crippen molar-refractivity contribution in [1.82, 2.24) is 4.98 Å². The van der Waals surface area contributed by atoms with Crippen molar-refractivity contribution in [3.05, 3.63) is 64.0 Å². The molecule has 2 heterocycles. The molecule has 0 saturated heterocycles. The van der Waals surface area contributed by atoms with Crippen molar-refractivity contribution in [2.24, 2.45) is 0 Å². The molecule has 0 radical (unpaired) electrons. The van der Waals surface area contributed by atoms with Crippen molar-refractivity contribution in [3.63, 3.8) is 0 Å². The number of furan rings is 1. The molecule has 0 bridgehead atoms. The van der Waals surface area contributed by atoms with Gasteiger partial charge in [-0.1, -0.05) is 23.7 Å². The number of carbonyl (C=O) groups excluding carboxylic acids is 2. The molecule has 122 valence electrons. The lowest BCUT2D eigenvalue weighted by atomic mass is 10.2. The third-order valence-electron chi connectivity index (χ3n) is 3.16. The summed E-state index contributed by atoms with van der Waals surface area (Å²) in [5.74, 6) is -0.660. The first-order chi connectivity index (χ1) is 11.5. The van der Waals surface area contributed by atoms with Crippen LogP contribution in [0.3, 0.4) is 0 Å². The number of nitrogens with zero attached hydrogens (tertiary/aromatic N) is 1. The van der Waals surface area contributed by atoms with Crippen molar-refractivity contribution < 1.29 is 14.0 Å². The third-order valence-corrected chi connectivity index (χ3v) is 4.24. The Balaban J connectivity index is 1.71. The Hall–Kier alpha value is -2.64. The number of carbonyl (C=O) groups is 2. The highest BCUT2D eigenvalue weighted by Gasteiger charge is 2.16. The van der Waals surface area contributed by atoms with Crippen molar-refractivity contribution in [3.8, 4) is 0 Å². The minimum Gasteiger partial charge on any atom is -0.459 e. The van der Waals surface area contributed by atoms with Gasteiger partial charge in [0.15, 0.2) is 10.9 Å². The van der Waals surface area contributed by atoms with E-state index in [1.807, 2.05) is 13.0 Å². The minimum absolute atomic E-state index is 0.169. The van der Waals surface area contributed by atoms with E-state index in [1.54, 1.807) is 23.6 Å². The summed E-state index contributed by atoms with van der Waals surface area (Å²) in [5.41, 5.74) is 1.57. The van der Waals surface area contributed by atoms with Crippen molar-refractivity contribution in [1.29, 1.82) is 0 Å². The van der Waals surface area contributed by atoms with Crippen molar-refractivity contribution in [2.75, 3.05) is 10.6 Å². The Bertz CT molecular complexity index is 870. The highest BCUT2D eigenvalue weighted by atomic mass is 35.5. The number of aryl methyl sites for hydroxylation is 1. The van der Waals surface area contributed by atoms with E-state index in [0.717, 1.165) is 16.9 Å². The average Bonchev–Trinajstić information content (AvgIpc) is 3.22. The first-order valence-electron chi connectivity index (χ1n) is 6.91. The zero-order valence-electron chi connectivity index (χ0n) is 12.5. The molecule has 0 aliphatic carbocycles. The highest BCUT2D eigenvalue weighted by Crippen LogP contribution is 2.26. The Kier molecular flexibility index (Phi) is 4.64. The van der Waals surface area contributed by atoms with Gasteiger partial charge in [-0.15, -0.1) is 11.3 Å². The molecule has 2 N–H and O–H groups in total. The van der Waals surface area contributed by atoms with E-state index in [2.05, 4.69) is 15.6 Å². The molecule has 0 atom stereocenters. The number of benzene rings is 1. The predicted octanol–water partition coefficient (Wildman–Crippen LogP) is 4.20. The molecule has 1 aromatic carbocycles. The van der Waals surface area contributed by atoms with Crippen LogP contribution in [0.15, 0.2) is 46.4 Å². The van der Waals surface area contributed by atoms with Gasteiger partial charge in [0.25, 0.3) is 11.8 Å². The molecule has 8 heteroatoms. The number of anilines is 2. The second-order valence-corrected chi connectivity index (χ2v) is 6.12. The van der Waals surface area contributed by atoms with Gasteiger partial charge in [-0.05, 0) is 30.7 Å². The van der Waals surface area contributed by atoms with E-state index in [0.29, 0.717) is 15.8 Å².